The fourth-order valence-corrected chi connectivity index (χ4v) is 2.07. The molecule has 78 valence electrons. The lowest BCUT2D eigenvalue weighted by molar-refractivity contribution is 0.683. The fraction of sp³-hybridized carbons (Fsp3) is 0.417. The van der Waals surface area contributed by atoms with Crippen LogP contribution in [0.25, 0.3) is 10.9 Å². The van der Waals surface area contributed by atoms with Gasteiger partial charge in [-0.3, -0.25) is 4.68 Å². The Balaban J connectivity index is 2.15. The van der Waals surface area contributed by atoms with Crippen molar-refractivity contribution in [3.05, 3.63) is 30.0 Å². The standard InChI is InChI=1S/C12H15N3/c1-2-15-11-4-3-10(12(13)5-6-12)7-9(11)8-14-15/h3-4,7-8H,2,5-6,13H2,1H3. The van der Waals surface area contributed by atoms with Crippen LogP contribution in [0, 0.1) is 0 Å². The molecule has 1 fully saturated rings. The lowest BCUT2D eigenvalue weighted by Crippen LogP contribution is -2.18. The highest BCUT2D eigenvalue weighted by atomic mass is 15.3. The van der Waals surface area contributed by atoms with Crippen LogP contribution < -0.4 is 5.73 Å². The number of hydrogen-bond donors (Lipinski definition) is 1. The Morgan fingerprint density at radius 2 is 2.27 bits per heavy atom. The number of nitrogens with two attached hydrogens (primary N) is 1. The van der Waals surface area contributed by atoms with Gasteiger partial charge in [0.25, 0.3) is 0 Å². The number of fused-ring (bicyclic) bond motifs is 1. The Morgan fingerprint density at radius 1 is 1.47 bits per heavy atom. The summed E-state index contributed by atoms with van der Waals surface area (Å²) in [6.07, 6.45) is 4.15. The monoisotopic (exact) mass is 201 g/mol. The van der Waals surface area contributed by atoms with Gasteiger partial charge in [-0.1, -0.05) is 6.07 Å². The molecule has 3 rings (SSSR count). The molecule has 1 aliphatic rings. The topological polar surface area (TPSA) is 43.8 Å². The third kappa shape index (κ3) is 1.27. The van der Waals surface area contributed by atoms with E-state index < -0.39 is 0 Å². The molecule has 1 aromatic heterocycles. The van der Waals surface area contributed by atoms with Crippen LogP contribution in [-0.2, 0) is 12.1 Å². The maximum atomic E-state index is 6.17. The molecule has 0 atom stereocenters. The van der Waals surface area contributed by atoms with Crippen LogP contribution in [-0.4, -0.2) is 9.78 Å². The lowest BCUT2D eigenvalue weighted by Gasteiger charge is -2.08. The van der Waals surface area contributed by atoms with E-state index >= 15 is 0 Å². The normalized spacial score (nSPS) is 18.3. The minimum absolute atomic E-state index is 0.0392. The number of nitrogens with zero attached hydrogens (tertiary/aromatic N) is 2. The van der Waals surface area contributed by atoms with Crippen LogP contribution in [0.4, 0.5) is 0 Å². The van der Waals surface area contributed by atoms with Gasteiger partial charge in [-0.15, -0.1) is 0 Å². The molecule has 1 aliphatic carbocycles. The largest absolute Gasteiger partial charge is 0.321 e. The summed E-state index contributed by atoms with van der Waals surface area (Å²) in [5.41, 5.74) is 8.59. The van der Waals surface area contributed by atoms with Crippen LogP contribution in [0.1, 0.15) is 25.3 Å². The summed E-state index contributed by atoms with van der Waals surface area (Å²) in [5, 5.41) is 5.53. The maximum absolute atomic E-state index is 6.17. The van der Waals surface area contributed by atoms with Gasteiger partial charge >= 0.3 is 0 Å². The third-order valence-corrected chi connectivity index (χ3v) is 3.30. The predicted octanol–water partition coefficient (Wildman–Crippen LogP) is 2.00. The van der Waals surface area contributed by atoms with E-state index in [1.165, 1.54) is 16.5 Å². The second kappa shape index (κ2) is 2.83. The minimum atomic E-state index is -0.0392. The van der Waals surface area contributed by atoms with Gasteiger partial charge in [0.2, 0.25) is 0 Å². The first kappa shape index (κ1) is 8.92. The van der Waals surface area contributed by atoms with Crippen molar-refractivity contribution in [3.63, 3.8) is 0 Å². The van der Waals surface area contributed by atoms with Crippen molar-refractivity contribution in [2.75, 3.05) is 0 Å². The van der Waals surface area contributed by atoms with E-state index in [1.54, 1.807) is 0 Å². The number of rotatable bonds is 2. The van der Waals surface area contributed by atoms with Gasteiger partial charge in [0.1, 0.15) is 0 Å². The Morgan fingerprint density at radius 3 is 2.93 bits per heavy atom. The molecule has 2 aromatic rings. The first-order chi connectivity index (χ1) is 7.23. The molecule has 3 heteroatoms. The molecular formula is C12H15N3. The number of benzene rings is 1. The molecule has 1 aromatic carbocycles. The number of aromatic nitrogens is 2. The van der Waals surface area contributed by atoms with Gasteiger partial charge in [-0.2, -0.15) is 5.10 Å². The fourth-order valence-electron chi connectivity index (χ4n) is 2.07. The summed E-state index contributed by atoms with van der Waals surface area (Å²) in [6, 6.07) is 6.46. The second-order valence-corrected chi connectivity index (χ2v) is 4.39. The molecular weight excluding hydrogens is 186 g/mol. The zero-order chi connectivity index (χ0) is 10.5. The zero-order valence-corrected chi connectivity index (χ0v) is 8.90. The first-order valence-electron chi connectivity index (χ1n) is 5.48. The van der Waals surface area contributed by atoms with Crippen LogP contribution in [0.2, 0.25) is 0 Å². The Hall–Kier alpha value is -1.35. The molecule has 0 aliphatic heterocycles. The average Bonchev–Trinajstić information content (AvgIpc) is 2.88. The predicted molar refractivity (Wildman–Crippen MR) is 60.5 cm³/mol. The number of hydrogen-bond acceptors (Lipinski definition) is 2. The molecule has 0 spiro atoms. The van der Waals surface area contributed by atoms with Gasteiger partial charge < -0.3 is 5.73 Å². The minimum Gasteiger partial charge on any atom is -0.321 e. The van der Waals surface area contributed by atoms with Crippen LogP contribution in [0.5, 0.6) is 0 Å². The first-order valence-corrected chi connectivity index (χ1v) is 5.48. The van der Waals surface area contributed by atoms with Crippen molar-refractivity contribution in [1.29, 1.82) is 0 Å². The van der Waals surface area contributed by atoms with Gasteiger partial charge in [-0.25, -0.2) is 0 Å². The molecule has 15 heavy (non-hydrogen) atoms. The van der Waals surface area contributed by atoms with E-state index in [0.717, 1.165) is 19.4 Å². The molecule has 1 saturated carbocycles. The SMILES string of the molecule is CCn1ncc2cc(C3(N)CC3)ccc21. The van der Waals surface area contributed by atoms with Crippen molar-refractivity contribution < 1.29 is 0 Å². The molecule has 0 bridgehead atoms. The van der Waals surface area contributed by atoms with E-state index in [0.29, 0.717) is 0 Å². The molecule has 2 N–H and O–H groups in total. The summed E-state index contributed by atoms with van der Waals surface area (Å²) in [6.45, 7) is 3.02. The Bertz CT molecular complexity index is 509. The van der Waals surface area contributed by atoms with Gasteiger partial charge in [0, 0.05) is 17.5 Å². The summed E-state index contributed by atoms with van der Waals surface area (Å²) < 4.78 is 2.01. The molecule has 0 unspecified atom stereocenters. The van der Waals surface area contributed by atoms with Gasteiger partial charge in [-0.05, 0) is 37.5 Å². The highest BCUT2D eigenvalue weighted by Crippen LogP contribution is 2.43. The van der Waals surface area contributed by atoms with Crippen molar-refractivity contribution >= 4 is 10.9 Å². The maximum Gasteiger partial charge on any atom is 0.0682 e. The van der Waals surface area contributed by atoms with Crippen molar-refractivity contribution in [2.45, 2.75) is 31.8 Å². The zero-order valence-electron chi connectivity index (χ0n) is 8.90. The number of aryl methyl sites for hydroxylation is 1. The van der Waals surface area contributed by atoms with Crippen LogP contribution in [0.3, 0.4) is 0 Å². The van der Waals surface area contributed by atoms with Crippen LogP contribution >= 0.6 is 0 Å². The van der Waals surface area contributed by atoms with Crippen molar-refractivity contribution in [1.82, 2.24) is 9.78 Å². The summed E-state index contributed by atoms with van der Waals surface area (Å²) in [7, 11) is 0. The molecule has 0 amide bonds. The van der Waals surface area contributed by atoms with Gasteiger partial charge in [0.15, 0.2) is 0 Å². The Kier molecular flexibility index (Phi) is 1.68. The van der Waals surface area contributed by atoms with E-state index in [4.69, 9.17) is 5.73 Å². The van der Waals surface area contributed by atoms with E-state index in [2.05, 4.69) is 30.2 Å². The smallest absolute Gasteiger partial charge is 0.0682 e. The lowest BCUT2D eigenvalue weighted by atomic mass is 10.0. The van der Waals surface area contributed by atoms with Crippen molar-refractivity contribution in [2.24, 2.45) is 5.73 Å². The van der Waals surface area contributed by atoms with Crippen molar-refractivity contribution in [3.8, 4) is 0 Å². The Labute approximate surface area is 88.9 Å². The second-order valence-electron chi connectivity index (χ2n) is 4.39. The highest BCUT2D eigenvalue weighted by molar-refractivity contribution is 5.79. The highest BCUT2D eigenvalue weighted by Gasteiger charge is 2.39. The molecule has 0 radical (unpaired) electrons. The summed E-state index contributed by atoms with van der Waals surface area (Å²) in [5.74, 6) is 0. The van der Waals surface area contributed by atoms with E-state index in [9.17, 15) is 0 Å². The summed E-state index contributed by atoms with van der Waals surface area (Å²) >= 11 is 0. The third-order valence-electron chi connectivity index (χ3n) is 3.30. The van der Waals surface area contributed by atoms with E-state index in [1.807, 2.05) is 10.9 Å². The van der Waals surface area contributed by atoms with E-state index in [-0.39, 0.29) is 5.54 Å². The average molecular weight is 201 g/mol. The molecule has 1 heterocycles. The molecule has 3 nitrogen and oxygen atoms in total. The van der Waals surface area contributed by atoms with Gasteiger partial charge in [0.05, 0.1) is 11.7 Å². The summed E-state index contributed by atoms with van der Waals surface area (Å²) in [4.78, 5) is 0. The quantitative estimate of drug-likeness (QED) is 0.807. The van der Waals surface area contributed by atoms with Crippen LogP contribution in [0.15, 0.2) is 24.4 Å². The molecule has 0 saturated heterocycles.